The number of nitrogens with zero attached hydrogens (tertiary/aromatic N) is 6. The molecule has 24 heavy (non-hydrogen) atoms. The Labute approximate surface area is 139 Å². The van der Waals surface area contributed by atoms with Gasteiger partial charge in [-0.1, -0.05) is 12.1 Å². The number of carbonyl (C=O) groups is 1. The van der Waals surface area contributed by atoms with Crippen molar-refractivity contribution in [2.24, 2.45) is 5.73 Å². The minimum Gasteiger partial charge on any atom is -0.365 e. The number of primary amides is 1. The molecular formula is C14H12N8OS. The Hall–Kier alpha value is -3.14. The third-order valence-electron chi connectivity index (χ3n) is 3.50. The molecule has 1 aromatic carbocycles. The standard InChI is InChI=1S/C14H12N8OS/c1-7-11(12(15)23)24-10(17-7)6-16-13-14-19-20-21-22(14)9-5-3-2-4-8(9)18-13/h2-5H,6H2,1H3,(H2,15,23)(H,16,18). The molecule has 0 spiro atoms. The molecule has 4 rings (SSSR count). The molecule has 4 aromatic rings. The van der Waals surface area contributed by atoms with Gasteiger partial charge in [0.2, 0.25) is 5.65 Å². The molecule has 0 aliphatic heterocycles. The lowest BCUT2D eigenvalue weighted by Gasteiger charge is -2.06. The van der Waals surface area contributed by atoms with Crippen molar-refractivity contribution >= 4 is 39.7 Å². The first-order chi connectivity index (χ1) is 11.6. The maximum atomic E-state index is 11.3. The fourth-order valence-corrected chi connectivity index (χ4v) is 3.30. The minimum absolute atomic E-state index is 0.395. The summed E-state index contributed by atoms with van der Waals surface area (Å²) in [5, 5.41) is 15.7. The average molecular weight is 340 g/mol. The normalized spacial score (nSPS) is 11.2. The predicted molar refractivity (Wildman–Crippen MR) is 88.8 cm³/mol. The van der Waals surface area contributed by atoms with Crippen LogP contribution in [0.3, 0.4) is 0 Å². The number of rotatable bonds is 4. The van der Waals surface area contributed by atoms with Gasteiger partial charge in [-0.3, -0.25) is 4.79 Å². The van der Waals surface area contributed by atoms with Gasteiger partial charge in [-0.05, 0) is 29.5 Å². The van der Waals surface area contributed by atoms with Gasteiger partial charge in [-0.2, -0.15) is 4.52 Å². The van der Waals surface area contributed by atoms with Gasteiger partial charge in [-0.15, -0.1) is 16.4 Å². The lowest BCUT2D eigenvalue weighted by atomic mass is 10.3. The highest BCUT2D eigenvalue weighted by Crippen LogP contribution is 2.21. The second-order valence-corrected chi connectivity index (χ2v) is 6.19. The van der Waals surface area contributed by atoms with Crippen LogP contribution in [0.15, 0.2) is 24.3 Å². The maximum Gasteiger partial charge on any atom is 0.260 e. The van der Waals surface area contributed by atoms with Crippen molar-refractivity contribution in [2.45, 2.75) is 13.5 Å². The molecule has 120 valence electrons. The molecule has 0 atom stereocenters. The highest BCUT2D eigenvalue weighted by atomic mass is 32.1. The number of carbonyl (C=O) groups excluding carboxylic acids is 1. The zero-order chi connectivity index (χ0) is 16.7. The van der Waals surface area contributed by atoms with Crippen LogP contribution in [-0.4, -0.2) is 35.9 Å². The van der Waals surface area contributed by atoms with Crippen molar-refractivity contribution in [3.8, 4) is 0 Å². The number of aromatic nitrogens is 6. The lowest BCUT2D eigenvalue weighted by molar-refractivity contribution is 0.100. The fourth-order valence-electron chi connectivity index (χ4n) is 2.44. The van der Waals surface area contributed by atoms with Crippen molar-refractivity contribution in [3.63, 3.8) is 0 Å². The smallest absolute Gasteiger partial charge is 0.260 e. The van der Waals surface area contributed by atoms with Crippen LogP contribution in [0.4, 0.5) is 5.82 Å². The van der Waals surface area contributed by atoms with Crippen molar-refractivity contribution in [2.75, 3.05) is 5.32 Å². The Morgan fingerprint density at radius 2 is 2.17 bits per heavy atom. The van der Waals surface area contributed by atoms with Gasteiger partial charge in [0.25, 0.3) is 5.91 Å². The number of aryl methyl sites for hydroxylation is 1. The van der Waals surface area contributed by atoms with E-state index in [1.807, 2.05) is 24.3 Å². The number of hydrogen-bond acceptors (Lipinski definition) is 8. The number of hydrogen-bond donors (Lipinski definition) is 2. The SMILES string of the molecule is Cc1nc(CNc2nc3ccccc3n3nnnc23)sc1C(N)=O. The molecule has 0 radical (unpaired) electrons. The fraction of sp³-hybridized carbons (Fsp3) is 0.143. The zero-order valence-electron chi connectivity index (χ0n) is 12.6. The third-order valence-corrected chi connectivity index (χ3v) is 4.67. The summed E-state index contributed by atoms with van der Waals surface area (Å²) in [6, 6.07) is 7.60. The number of anilines is 1. The topological polar surface area (TPSA) is 124 Å². The first-order valence-corrected chi connectivity index (χ1v) is 7.92. The number of amides is 1. The van der Waals surface area contributed by atoms with Crippen LogP contribution >= 0.6 is 11.3 Å². The van der Waals surface area contributed by atoms with E-state index >= 15 is 0 Å². The van der Waals surface area contributed by atoms with E-state index in [0.717, 1.165) is 16.0 Å². The summed E-state index contributed by atoms with van der Waals surface area (Å²) in [7, 11) is 0. The second-order valence-electron chi connectivity index (χ2n) is 5.10. The Bertz CT molecular complexity index is 1070. The number of tetrazole rings is 1. The largest absolute Gasteiger partial charge is 0.365 e. The van der Waals surface area contributed by atoms with E-state index in [0.29, 0.717) is 28.6 Å². The van der Waals surface area contributed by atoms with Crippen LogP contribution in [-0.2, 0) is 6.54 Å². The van der Waals surface area contributed by atoms with Gasteiger partial charge < -0.3 is 11.1 Å². The number of thiazole rings is 1. The summed E-state index contributed by atoms with van der Waals surface area (Å²) in [6.45, 7) is 2.15. The highest BCUT2D eigenvalue weighted by molar-refractivity contribution is 7.13. The average Bonchev–Trinajstić information content (AvgIpc) is 3.19. The number of fused-ring (bicyclic) bond motifs is 3. The summed E-state index contributed by atoms with van der Waals surface area (Å²) in [5.74, 6) is 0.0799. The third kappa shape index (κ3) is 2.33. The summed E-state index contributed by atoms with van der Waals surface area (Å²) >= 11 is 1.26. The number of para-hydroxylation sites is 2. The zero-order valence-corrected chi connectivity index (χ0v) is 13.4. The molecule has 0 saturated carbocycles. The molecule has 9 nitrogen and oxygen atoms in total. The molecule has 0 unspecified atom stereocenters. The van der Waals surface area contributed by atoms with Gasteiger partial charge in [0.15, 0.2) is 5.82 Å². The number of nitrogens with two attached hydrogens (primary N) is 1. The maximum absolute atomic E-state index is 11.3. The van der Waals surface area contributed by atoms with E-state index in [-0.39, 0.29) is 0 Å². The first-order valence-electron chi connectivity index (χ1n) is 7.10. The van der Waals surface area contributed by atoms with Gasteiger partial charge in [-0.25, -0.2) is 9.97 Å². The molecule has 0 aliphatic carbocycles. The van der Waals surface area contributed by atoms with Gasteiger partial charge in [0, 0.05) is 0 Å². The van der Waals surface area contributed by atoms with Crippen LogP contribution in [0.25, 0.3) is 16.7 Å². The molecule has 0 aliphatic rings. The van der Waals surface area contributed by atoms with E-state index in [4.69, 9.17) is 5.73 Å². The van der Waals surface area contributed by atoms with E-state index in [1.54, 1.807) is 11.4 Å². The second kappa shape index (κ2) is 5.49. The molecule has 0 fully saturated rings. The van der Waals surface area contributed by atoms with Gasteiger partial charge in [0.05, 0.1) is 23.3 Å². The van der Waals surface area contributed by atoms with Gasteiger partial charge >= 0.3 is 0 Å². The Balaban J connectivity index is 1.70. The molecule has 10 heteroatoms. The van der Waals surface area contributed by atoms with Crippen LogP contribution in [0.5, 0.6) is 0 Å². The van der Waals surface area contributed by atoms with Crippen LogP contribution in [0.2, 0.25) is 0 Å². The van der Waals surface area contributed by atoms with E-state index in [2.05, 4.69) is 30.8 Å². The first kappa shape index (κ1) is 14.5. The quantitative estimate of drug-likeness (QED) is 0.571. The molecule has 3 aromatic heterocycles. The van der Waals surface area contributed by atoms with Crippen molar-refractivity contribution in [1.29, 1.82) is 0 Å². The lowest BCUT2D eigenvalue weighted by Crippen LogP contribution is -2.10. The van der Waals surface area contributed by atoms with Crippen LogP contribution < -0.4 is 11.1 Å². The van der Waals surface area contributed by atoms with E-state index in [1.165, 1.54) is 11.3 Å². The van der Waals surface area contributed by atoms with Crippen LogP contribution in [0.1, 0.15) is 20.4 Å². The summed E-state index contributed by atoms with van der Waals surface area (Å²) in [6.07, 6.45) is 0. The molecule has 3 N–H and O–H groups in total. The highest BCUT2D eigenvalue weighted by Gasteiger charge is 2.14. The Morgan fingerprint density at radius 3 is 2.96 bits per heavy atom. The van der Waals surface area contributed by atoms with E-state index < -0.39 is 5.91 Å². The van der Waals surface area contributed by atoms with Crippen molar-refractivity contribution in [1.82, 2.24) is 30.0 Å². The summed E-state index contributed by atoms with van der Waals surface area (Å²) < 4.78 is 1.63. The van der Waals surface area contributed by atoms with Crippen LogP contribution in [0, 0.1) is 6.92 Å². The van der Waals surface area contributed by atoms with Gasteiger partial charge in [0.1, 0.15) is 9.88 Å². The molecule has 3 heterocycles. The monoisotopic (exact) mass is 340 g/mol. The van der Waals surface area contributed by atoms with E-state index in [9.17, 15) is 4.79 Å². The van der Waals surface area contributed by atoms with Crippen molar-refractivity contribution < 1.29 is 4.79 Å². The molecular weight excluding hydrogens is 328 g/mol. The molecule has 0 bridgehead atoms. The minimum atomic E-state index is -0.468. The number of nitrogens with one attached hydrogen (secondary N) is 1. The summed E-state index contributed by atoms with van der Waals surface area (Å²) in [5.41, 5.74) is 8.08. The Morgan fingerprint density at radius 1 is 1.33 bits per heavy atom. The van der Waals surface area contributed by atoms with Crippen molar-refractivity contribution in [3.05, 3.63) is 39.8 Å². The molecule has 0 saturated heterocycles. The molecule has 1 amide bonds. The summed E-state index contributed by atoms with van der Waals surface area (Å²) in [4.78, 5) is 20.7. The Kier molecular flexibility index (Phi) is 3.31. The predicted octanol–water partition coefficient (Wildman–Crippen LogP) is 1.15. The number of benzene rings is 1.